The van der Waals surface area contributed by atoms with Crippen molar-refractivity contribution in [3.05, 3.63) is 12.4 Å². The number of halogens is 1. The van der Waals surface area contributed by atoms with Gasteiger partial charge in [0.1, 0.15) is 6.67 Å². The van der Waals surface area contributed by atoms with Crippen molar-refractivity contribution in [3.63, 3.8) is 0 Å². The van der Waals surface area contributed by atoms with E-state index in [1.54, 1.807) is 0 Å². The van der Waals surface area contributed by atoms with E-state index >= 15 is 0 Å². The first-order valence-electron chi connectivity index (χ1n) is 3.04. The second-order valence-corrected chi connectivity index (χ2v) is 3.19. The molecule has 1 aliphatic heterocycles. The lowest BCUT2D eigenvalue weighted by atomic mass is 10.5. The van der Waals surface area contributed by atoms with Crippen LogP contribution >= 0.6 is 16.1 Å². The fraction of sp³-hybridized carbons (Fsp3) is 0.600. The van der Waals surface area contributed by atoms with Crippen LogP contribution in [0.1, 0.15) is 0 Å². The molecule has 0 spiro atoms. The van der Waals surface area contributed by atoms with Crippen molar-refractivity contribution >= 4 is 16.1 Å². The highest BCUT2D eigenvalue weighted by Gasteiger charge is 2.10. The molecule has 0 fully saturated rings. The molecule has 5 heteroatoms. The molecule has 0 aliphatic carbocycles. The largest absolute Gasteiger partial charge is 0.355 e. The first kappa shape index (κ1) is 7.84. The molecule has 0 radical (unpaired) electrons. The van der Waals surface area contributed by atoms with E-state index in [0.29, 0.717) is 6.54 Å². The van der Waals surface area contributed by atoms with E-state index in [2.05, 4.69) is 16.1 Å². The highest BCUT2D eigenvalue weighted by Crippen LogP contribution is 2.09. The van der Waals surface area contributed by atoms with Gasteiger partial charge in [-0.05, 0) is 0 Å². The summed E-state index contributed by atoms with van der Waals surface area (Å²) < 4.78 is 1.88. The lowest BCUT2D eigenvalue weighted by Crippen LogP contribution is -2.41. The Hall–Kier alpha value is -0.260. The van der Waals surface area contributed by atoms with Crippen molar-refractivity contribution < 1.29 is 0 Å². The third-order valence-electron chi connectivity index (χ3n) is 1.20. The minimum atomic E-state index is -0.261. The number of nitrogens with zero attached hydrogens (tertiary/aromatic N) is 2. The Bertz CT molecular complexity index is 136. The minimum Gasteiger partial charge on any atom is -0.355 e. The molecule has 0 aromatic rings. The summed E-state index contributed by atoms with van der Waals surface area (Å²) in [5, 5.41) is 0. The molecule has 0 unspecified atom stereocenters. The van der Waals surface area contributed by atoms with Gasteiger partial charge >= 0.3 is 0 Å². The molecule has 0 aromatic carbocycles. The second kappa shape index (κ2) is 3.23. The van der Waals surface area contributed by atoms with Crippen molar-refractivity contribution in [1.82, 2.24) is 8.83 Å². The van der Waals surface area contributed by atoms with Gasteiger partial charge < -0.3 is 16.4 Å². The maximum atomic E-state index is 5.39. The molecule has 0 atom stereocenters. The molecule has 1 aliphatic rings. The Morgan fingerprint density at radius 3 is 2.60 bits per heavy atom. The van der Waals surface area contributed by atoms with Crippen LogP contribution in [0.2, 0.25) is 0 Å². The Kier molecular flexibility index (Phi) is 2.53. The maximum Gasteiger partial charge on any atom is 0.100 e. The summed E-state index contributed by atoms with van der Waals surface area (Å²) >= 11 is 3.29. The second-order valence-electron chi connectivity index (χ2n) is 2.27. The van der Waals surface area contributed by atoms with Gasteiger partial charge in [-0.2, -0.15) is 0 Å². The molecular weight excluding hydrogens is 196 g/mol. The number of rotatable bonds is 2. The van der Waals surface area contributed by atoms with E-state index in [9.17, 15) is 0 Å². The predicted octanol–water partition coefficient (Wildman–Crippen LogP) is -0.414. The predicted molar refractivity (Wildman–Crippen MR) is 43.6 cm³/mol. The van der Waals surface area contributed by atoms with Gasteiger partial charge in [0.2, 0.25) is 0 Å². The molecule has 0 saturated carbocycles. The normalized spacial score (nSPS) is 17.6. The molecule has 4 nitrogen and oxygen atoms in total. The van der Waals surface area contributed by atoms with Gasteiger partial charge in [0.25, 0.3) is 0 Å². The summed E-state index contributed by atoms with van der Waals surface area (Å²) in [5.74, 6) is 0. The lowest BCUT2D eigenvalue weighted by molar-refractivity contribution is 0.330. The Morgan fingerprint density at radius 1 is 1.50 bits per heavy atom. The summed E-state index contributed by atoms with van der Waals surface area (Å²) in [6, 6.07) is 0. The third-order valence-corrected chi connectivity index (χ3v) is 1.66. The fourth-order valence-corrected chi connectivity index (χ4v) is 1.22. The standard InChI is InChI=1S/C5H11BrN4/c6-10-2-1-9(4-10)3-5(7)8/h1-2,5H,3-4,7-8H2. The molecular formula is C5H11BrN4. The van der Waals surface area contributed by atoms with Gasteiger partial charge in [0, 0.05) is 18.9 Å². The van der Waals surface area contributed by atoms with E-state index < -0.39 is 0 Å². The molecule has 0 bridgehead atoms. The van der Waals surface area contributed by atoms with E-state index in [1.807, 2.05) is 21.2 Å². The van der Waals surface area contributed by atoms with E-state index in [1.165, 1.54) is 0 Å². The van der Waals surface area contributed by atoms with Crippen molar-refractivity contribution in [2.75, 3.05) is 13.2 Å². The van der Waals surface area contributed by atoms with Crippen LogP contribution < -0.4 is 11.5 Å². The average molecular weight is 207 g/mol. The fourth-order valence-electron chi connectivity index (χ4n) is 0.824. The van der Waals surface area contributed by atoms with Gasteiger partial charge in [0.15, 0.2) is 0 Å². The van der Waals surface area contributed by atoms with Gasteiger partial charge in [-0.15, -0.1) is 0 Å². The Balaban J connectivity index is 2.26. The highest BCUT2D eigenvalue weighted by molar-refractivity contribution is 9.07. The number of hydrogen-bond donors (Lipinski definition) is 2. The van der Waals surface area contributed by atoms with Crippen LogP contribution in [0, 0.1) is 0 Å². The molecule has 58 valence electrons. The average Bonchev–Trinajstić information content (AvgIpc) is 2.13. The van der Waals surface area contributed by atoms with Crippen molar-refractivity contribution in [3.8, 4) is 0 Å². The van der Waals surface area contributed by atoms with Crippen LogP contribution in [0.3, 0.4) is 0 Å². The smallest absolute Gasteiger partial charge is 0.100 e. The minimum absolute atomic E-state index is 0.261. The van der Waals surface area contributed by atoms with Crippen LogP contribution in [0.5, 0.6) is 0 Å². The monoisotopic (exact) mass is 206 g/mol. The van der Waals surface area contributed by atoms with Crippen LogP contribution in [-0.2, 0) is 0 Å². The third kappa shape index (κ3) is 2.17. The molecule has 1 heterocycles. The van der Waals surface area contributed by atoms with Crippen LogP contribution in [0.25, 0.3) is 0 Å². The van der Waals surface area contributed by atoms with Crippen molar-refractivity contribution in [2.24, 2.45) is 11.5 Å². The van der Waals surface area contributed by atoms with E-state index in [0.717, 1.165) is 6.67 Å². The maximum absolute atomic E-state index is 5.39. The number of hydrogen-bond acceptors (Lipinski definition) is 4. The van der Waals surface area contributed by atoms with Gasteiger partial charge in [-0.25, -0.2) is 0 Å². The zero-order valence-electron chi connectivity index (χ0n) is 5.57. The molecule has 0 amide bonds. The zero-order valence-corrected chi connectivity index (χ0v) is 7.16. The van der Waals surface area contributed by atoms with Crippen LogP contribution in [-0.4, -0.2) is 28.2 Å². The topological polar surface area (TPSA) is 58.5 Å². The van der Waals surface area contributed by atoms with Crippen LogP contribution in [0.15, 0.2) is 12.4 Å². The number of nitrogens with two attached hydrogens (primary N) is 2. The molecule has 0 aromatic heterocycles. The van der Waals surface area contributed by atoms with Gasteiger partial charge in [-0.1, -0.05) is 0 Å². The van der Waals surface area contributed by atoms with Crippen molar-refractivity contribution in [1.29, 1.82) is 0 Å². The summed E-state index contributed by atoms with van der Waals surface area (Å²) in [4.78, 5) is 2.03. The summed E-state index contributed by atoms with van der Waals surface area (Å²) in [7, 11) is 0. The SMILES string of the molecule is NC(N)CN1C=CN(Br)C1. The van der Waals surface area contributed by atoms with E-state index in [4.69, 9.17) is 11.5 Å². The zero-order chi connectivity index (χ0) is 7.56. The Labute approximate surface area is 68.8 Å². The highest BCUT2D eigenvalue weighted by atomic mass is 79.9. The molecule has 0 saturated heterocycles. The Morgan fingerprint density at radius 2 is 2.20 bits per heavy atom. The van der Waals surface area contributed by atoms with E-state index in [-0.39, 0.29) is 6.17 Å². The van der Waals surface area contributed by atoms with Gasteiger partial charge in [0.05, 0.1) is 22.3 Å². The summed E-state index contributed by atoms with van der Waals surface area (Å²) in [6.07, 6.45) is 3.60. The van der Waals surface area contributed by atoms with Crippen LogP contribution in [0.4, 0.5) is 0 Å². The quantitative estimate of drug-likeness (QED) is 0.477. The molecule has 10 heavy (non-hydrogen) atoms. The van der Waals surface area contributed by atoms with Crippen molar-refractivity contribution in [2.45, 2.75) is 6.17 Å². The lowest BCUT2D eigenvalue weighted by Gasteiger charge is -2.18. The summed E-state index contributed by atoms with van der Waals surface area (Å²) in [6.45, 7) is 1.50. The first-order chi connectivity index (χ1) is 4.68. The molecule has 4 N–H and O–H groups in total. The first-order valence-corrected chi connectivity index (χ1v) is 3.75. The molecule has 1 rings (SSSR count). The van der Waals surface area contributed by atoms with Gasteiger partial charge in [-0.3, -0.25) is 3.93 Å². The summed E-state index contributed by atoms with van der Waals surface area (Å²) in [5.41, 5.74) is 10.8.